The lowest BCUT2D eigenvalue weighted by molar-refractivity contribution is -0.384. The quantitative estimate of drug-likeness (QED) is 0.562. The third-order valence-corrected chi connectivity index (χ3v) is 5.26. The van der Waals surface area contributed by atoms with E-state index in [0.29, 0.717) is 0 Å². The topological polar surface area (TPSA) is 55.2 Å². The van der Waals surface area contributed by atoms with Crippen molar-refractivity contribution in [2.24, 2.45) is 0 Å². The van der Waals surface area contributed by atoms with Crippen LogP contribution in [0.25, 0.3) is 0 Å². The molecule has 0 bridgehead atoms. The molecule has 1 atom stereocenters. The van der Waals surface area contributed by atoms with Crippen molar-refractivity contribution in [3.63, 3.8) is 0 Å². The molecule has 20 heavy (non-hydrogen) atoms. The van der Waals surface area contributed by atoms with Crippen molar-refractivity contribution < 1.29 is 4.92 Å². The zero-order valence-electron chi connectivity index (χ0n) is 10.8. The summed E-state index contributed by atoms with van der Waals surface area (Å²) in [5.41, 5.74) is 1.52. The maximum atomic E-state index is 10.8. The molecule has 1 aromatic carbocycles. The molecule has 0 radical (unpaired) electrons. The summed E-state index contributed by atoms with van der Waals surface area (Å²) in [7, 11) is 0. The normalized spacial score (nSPS) is 12.2. The number of hydrogen-bond acceptors (Lipinski definition) is 4. The maximum Gasteiger partial charge on any atom is 0.288 e. The van der Waals surface area contributed by atoms with E-state index in [2.05, 4.69) is 21.2 Å². The SMILES string of the molecule is Cc1cc([N+](=O)[O-])c(Cl)cc1NC(C)c1sccc1Br. The van der Waals surface area contributed by atoms with E-state index in [4.69, 9.17) is 11.6 Å². The van der Waals surface area contributed by atoms with Crippen molar-refractivity contribution in [3.8, 4) is 0 Å². The third kappa shape index (κ3) is 3.13. The number of nitrogens with zero attached hydrogens (tertiary/aromatic N) is 1. The molecule has 0 amide bonds. The number of hydrogen-bond donors (Lipinski definition) is 1. The Kier molecular flexibility index (Phi) is 4.67. The Morgan fingerprint density at radius 1 is 1.50 bits per heavy atom. The van der Waals surface area contributed by atoms with Crippen molar-refractivity contribution in [3.05, 3.63) is 53.6 Å². The Morgan fingerprint density at radius 2 is 2.20 bits per heavy atom. The molecular formula is C13H12BrClN2O2S. The Balaban J connectivity index is 2.28. The molecular weight excluding hydrogens is 364 g/mol. The summed E-state index contributed by atoms with van der Waals surface area (Å²) in [4.78, 5) is 11.5. The first-order valence-electron chi connectivity index (χ1n) is 5.84. The molecule has 0 aliphatic heterocycles. The first kappa shape index (κ1) is 15.3. The van der Waals surface area contributed by atoms with Gasteiger partial charge in [-0.3, -0.25) is 10.1 Å². The Morgan fingerprint density at radius 3 is 2.75 bits per heavy atom. The van der Waals surface area contributed by atoms with Gasteiger partial charge in [-0.2, -0.15) is 0 Å². The standard InChI is InChI=1S/C13H12BrClN2O2S/c1-7-5-12(17(18)19)10(15)6-11(7)16-8(2)13-9(14)3-4-20-13/h3-6,8,16H,1-2H3. The Labute approximate surface area is 134 Å². The fourth-order valence-corrected chi connectivity index (χ4v) is 3.83. The number of benzene rings is 1. The minimum atomic E-state index is -0.474. The second kappa shape index (κ2) is 6.11. The highest BCUT2D eigenvalue weighted by molar-refractivity contribution is 9.10. The van der Waals surface area contributed by atoms with Gasteiger partial charge in [0.2, 0.25) is 0 Å². The number of halogens is 2. The van der Waals surface area contributed by atoms with Crippen molar-refractivity contribution in [2.75, 3.05) is 5.32 Å². The van der Waals surface area contributed by atoms with Crippen LogP contribution < -0.4 is 5.32 Å². The minimum absolute atomic E-state index is 0.0697. The maximum absolute atomic E-state index is 10.8. The Bertz CT molecular complexity index is 660. The van der Waals surface area contributed by atoms with E-state index in [0.717, 1.165) is 15.7 Å². The number of nitro benzene ring substituents is 1. The molecule has 7 heteroatoms. The molecule has 1 heterocycles. The molecule has 1 aromatic heterocycles. The van der Waals surface area contributed by atoms with Gasteiger partial charge in [0.25, 0.3) is 5.69 Å². The van der Waals surface area contributed by atoms with E-state index in [9.17, 15) is 10.1 Å². The van der Waals surface area contributed by atoms with Gasteiger partial charge < -0.3 is 5.32 Å². The van der Waals surface area contributed by atoms with Gasteiger partial charge in [0.05, 0.1) is 11.0 Å². The van der Waals surface area contributed by atoms with E-state index in [1.807, 2.05) is 25.3 Å². The number of aryl methyl sites for hydroxylation is 1. The Hall–Kier alpha value is -1.11. The fraction of sp³-hybridized carbons (Fsp3) is 0.231. The van der Waals surface area contributed by atoms with Crippen LogP contribution >= 0.6 is 38.9 Å². The molecule has 2 rings (SSSR count). The van der Waals surface area contributed by atoms with Crippen LogP contribution in [0.1, 0.15) is 23.4 Å². The summed E-state index contributed by atoms with van der Waals surface area (Å²) < 4.78 is 1.05. The highest BCUT2D eigenvalue weighted by Crippen LogP contribution is 2.35. The van der Waals surface area contributed by atoms with Crippen molar-refractivity contribution in [1.29, 1.82) is 0 Å². The third-order valence-electron chi connectivity index (χ3n) is 2.90. The van der Waals surface area contributed by atoms with Crippen molar-refractivity contribution >= 4 is 50.2 Å². The molecule has 0 spiro atoms. The number of anilines is 1. The van der Waals surface area contributed by atoms with Gasteiger partial charge in [-0.1, -0.05) is 11.6 Å². The second-order valence-electron chi connectivity index (χ2n) is 4.37. The summed E-state index contributed by atoms with van der Waals surface area (Å²) >= 11 is 11.1. The average molecular weight is 376 g/mol. The van der Waals surface area contributed by atoms with Crippen LogP contribution in [0.4, 0.5) is 11.4 Å². The largest absolute Gasteiger partial charge is 0.377 e. The lowest BCUT2D eigenvalue weighted by atomic mass is 10.1. The number of rotatable bonds is 4. The number of nitro groups is 1. The lowest BCUT2D eigenvalue weighted by Crippen LogP contribution is -2.07. The lowest BCUT2D eigenvalue weighted by Gasteiger charge is -2.16. The average Bonchev–Trinajstić information content (AvgIpc) is 2.79. The molecule has 106 valence electrons. The predicted octanol–water partition coefficient (Wildman–Crippen LogP) is 5.55. The van der Waals surface area contributed by atoms with E-state index < -0.39 is 4.92 Å². The van der Waals surface area contributed by atoms with E-state index in [1.54, 1.807) is 17.4 Å². The smallest absolute Gasteiger partial charge is 0.288 e. The van der Waals surface area contributed by atoms with Gasteiger partial charge in [-0.25, -0.2) is 0 Å². The van der Waals surface area contributed by atoms with Gasteiger partial charge in [-0.05, 0) is 52.9 Å². The van der Waals surface area contributed by atoms with Gasteiger partial charge >= 0.3 is 0 Å². The first-order chi connectivity index (χ1) is 9.40. The molecule has 0 saturated heterocycles. The summed E-state index contributed by atoms with van der Waals surface area (Å²) in [5, 5.41) is 16.3. The molecule has 4 nitrogen and oxygen atoms in total. The zero-order chi connectivity index (χ0) is 14.9. The van der Waals surface area contributed by atoms with E-state index in [-0.39, 0.29) is 16.8 Å². The zero-order valence-corrected chi connectivity index (χ0v) is 14.0. The monoisotopic (exact) mass is 374 g/mol. The molecule has 0 aliphatic carbocycles. The van der Waals surface area contributed by atoms with Crippen LogP contribution in [-0.4, -0.2) is 4.92 Å². The molecule has 2 aromatic rings. The second-order valence-corrected chi connectivity index (χ2v) is 6.58. The van der Waals surface area contributed by atoms with Crippen LogP contribution in [0.2, 0.25) is 5.02 Å². The van der Waals surface area contributed by atoms with E-state index >= 15 is 0 Å². The highest BCUT2D eigenvalue weighted by atomic mass is 79.9. The van der Waals surface area contributed by atoms with Gasteiger partial charge in [0, 0.05) is 21.1 Å². The number of thiophene rings is 1. The molecule has 0 saturated carbocycles. The number of nitrogens with one attached hydrogen (secondary N) is 1. The minimum Gasteiger partial charge on any atom is -0.377 e. The van der Waals surface area contributed by atoms with Crippen LogP contribution in [0.3, 0.4) is 0 Å². The van der Waals surface area contributed by atoms with Gasteiger partial charge in [0.1, 0.15) is 5.02 Å². The van der Waals surface area contributed by atoms with Crippen molar-refractivity contribution in [2.45, 2.75) is 19.9 Å². The van der Waals surface area contributed by atoms with E-state index in [1.165, 1.54) is 10.9 Å². The summed E-state index contributed by atoms with van der Waals surface area (Å²) in [6.07, 6.45) is 0. The molecule has 1 unspecified atom stereocenters. The highest BCUT2D eigenvalue weighted by Gasteiger charge is 2.17. The summed E-state index contributed by atoms with van der Waals surface area (Å²) in [6, 6.07) is 5.17. The summed E-state index contributed by atoms with van der Waals surface area (Å²) in [6.45, 7) is 3.85. The van der Waals surface area contributed by atoms with Crippen LogP contribution in [0.5, 0.6) is 0 Å². The summed E-state index contributed by atoms with van der Waals surface area (Å²) in [5.74, 6) is 0. The van der Waals surface area contributed by atoms with Crippen molar-refractivity contribution in [1.82, 2.24) is 0 Å². The predicted molar refractivity (Wildman–Crippen MR) is 86.9 cm³/mol. The fourth-order valence-electron chi connectivity index (χ4n) is 1.87. The van der Waals surface area contributed by atoms with Crippen LogP contribution in [-0.2, 0) is 0 Å². The molecule has 0 fully saturated rings. The van der Waals surface area contributed by atoms with Crippen LogP contribution in [0.15, 0.2) is 28.1 Å². The molecule has 1 N–H and O–H groups in total. The van der Waals surface area contributed by atoms with Gasteiger partial charge in [-0.15, -0.1) is 11.3 Å². The molecule has 0 aliphatic rings. The van der Waals surface area contributed by atoms with Gasteiger partial charge in [0.15, 0.2) is 0 Å². The van der Waals surface area contributed by atoms with Crippen LogP contribution in [0, 0.1) is 17.0 Å². The first-order valence-corrected chi connectivity index (χ1v) is 7.89.